The standard InChI is InChI=1S/C31H31N3O4/c1-23-5-4-20-32-29(23)16-9-24-7-10-27(11-8-24)38-31(35)34-21-17-28(18-22-34)36-25-12-14-26(15-13-25)37-30-6-2-3-19-33-30/h2-8,10-15,19-20,28H,9,16-18,21-22H2,1H3. The van der Waals surface area contributed by atoms with Crippen molar-refractivity contribution in [2.24, 2.45) is 0 Å². The van der Waals surface area contributed by atoms with E-state index in [0.717, 1.165) is 37.1 Å². The van der Waals surface area contributed by atoms with Crippen molar-refractivity contribution in [1.82, 2.24) is 14.9 Å². The molecule has 2 aromatic carbocycles. The summed E-state index contributed by atoms with van der Waals surface area (Å²) in [6, 6.07) is 24.8. The third-order valence-electron chi connectivity index (χ3n) is 6.58. The maximum Gasteiger partial charge on any atom is 0.415 e. The fourth-order valence-electron chi connectivity index (χ4n) is 4.40. The lowest BCUT2D eigenvalue weighted by molar-refractivity contribution is 0.0930. The Morgan fingerprint density at radius 1 is 0.816 bits per heavy atom. The number of amides is 1. The minimum Gasteiger partial charge on any atom is -0.490 e. The molecule has 3 heterocycles. The van der Waals surface area contributed by atoms with E-state index in [-0.39, 0.29) is 12.2 Å². The Bertz CT molecular complexity index is 1320. The second-order valence-corrected chi connectivity index (χ2v) is 9.32. The molecular weight excluding hydrogens is 478 g/mol. The predicted molar refractivity (Wildman–Crippen MR) is 145 cm³/mol. The Morgan fingerprint density at radius 3 is 2.24 bits per heavy atom. The zero-order valence-electron chi connectivity index (χ0n) is 21.5. The van der Waals surface area contributed by atoms with Crippen LogP contribution in [-0.2, 0) is 12.8 Å². The molecule has 1 aliphatic rings. The summed E-state index contributed by atoms with van der Waals surface area (Å²) in [5.41, 5.74) is 3.50. The SMILES string of the molecule is Cc1cccnc1CCc1ccc(OC(=O)N2CCC(Oc3ccc(Oc4ccccn4)cc3)CC2)cc1. The fourth-order valence-corrected chi connectivity index (χ4v) is 4.40. The summed E-state index contributed by atoms with van der Waals surface area (Å²) >= 11 is 0. The van der Waals surface area contributed by atoms with E-state index in [4.69, 9.17) is 14.2 Å². The zero-order chi connectivity index (χ0) is 26.2. The third kappa shape index (κ3) is 6.88. The van der Waals surface area contributed by atoms with Crippen LogP contribution in [0.25, 0.3) is 0 Å². The number of benzene rings is 2. The first kappa shape index (κ1) is 25.3. The number of ether oxygens (including phenoxy) is 3. The largest absolute Gasteiger partial charge is 0.490 e. The molecule has 0 spiro atoms. The highest BCUT2D eigenvalue weighted by Gasteiger charge is 2.25. The summed E-state index contributed by atoms with van der Waals surface area (Å²) in [7, 11) is 0. The van der Waals surface area contributed by atoms with Gasteiger partial charge in [-0.2, -0.15) is 0 Å². The van der Waals surface area contributed by atoms with Crippen LogP contribution in [0.1, 0.15) is 29.7 Å². The van der Waals surface area contributed by atoms with Crippen LogP contribution in [0.5, 0.6) is 23.1 Å². The Labute approximate surface area is 223 Å². The second kappa shape index (κ2) is 12.2. The molecule has 2 aromatic heterocycles. The third-order valence-corrected chi connectivity index (χ3v) is 6.58. The van der Waals surface area contributed by atoms with Crippen LogP contribution in [0.15, 0.2) is 91.3 Å². The zero-order valence-corrected chi connectivity index (χ0v) is 21.5. The minimum atomic E-state index is -0.323. The first-order valence-corrected chi connectivity index (χ1v) is 12.9. The van der Waals surface area contributed by atoms with E-state index in [1.54, 1.807) is 11.1 Å². The van der Waals surface area contributed by atoms with Gasteiger partial charge < -0.3 is 19.1 Å². The Hall–Kier alpha value is -4.39. The summed E-state index contributed by atoms with van der Waals surface area (Å²) in [4.78, 5) is 23.0. The molecule has 1 aliphatic heterocycles. The molecule has 7 nitrogen and oxygen atoms in total. The molecule has 7 heteroatoms. The predicted octanol–water partition coefficient (Wildman–Crippen LogP) is 6.40. The number of hydrogen-bond donors (Lipinski definition) is 0. The van der Waals surface area contributed by atoms with Gasteiger partial charge in [0.05, 0.1) is 0 Å². The Balaban J connectivity index is 1.05. The molecule has 0 saturated carbocycles. The normalized spacial score (nSPS) is 13.7. The van der Waals surface area contributed by atoms with E-state index in [0.29, 0.717) is 30.5 Å². The smallest absolute Gasteiger partial charge is 0.415 e. The molecule has 0 unspecified atom stereocenters. The Morgan fingerprint density at radius 2 is 1.53 bits per heavy atom. The molecule has 1 saturated heterocycles. The lowest BCUT2D eigenvalue weighted by Crippen LogP contribution is -2.43. The molecular formula is C31H31N3O4. The topological polar surface area (TPSA) is 73.8 Å². The molecule has 1 amide bonds. The number of hydrogen-bond acceptors (Lipinski definition) is 6. The van der Waals surface area contributed by atoms with Crippen molar-refractivity contribution in [2.45, 2.75) is 38.7 Å². The minimum absolute atomic E-state index is 0.0450. The number of carbonyl (C=O) groups excluding carboxylic acids is 1. The molecule has 0 atom stereocenters. The highest BCUT2D eigenvalue weighted by Crippen LogP contribution is 2.25. The number of rotatable bonds is 8. The lowest BCUT2D eigenvalue weighted by Gasteiger charge is -2.31. The van der Waals surface area contributed by atoms with Gasteiger partial charge in [0.15, 0.2) is 0 Å². The van der Waals surface area contributed by atoms with Crippen LogP contribution >= 0.6 is 0 Å². The second-order valence-electron chi connectivity index (χ2n) is 9.32. The summed E-state index contributed by atoms with van der Waals surface area (Å²) in [6.07, 6.45) is 6.50. The van der Waals surface area contributed by atoms with Crippen molar-refractivity contribution >= 4 is 6.09 Å². The quantitative estimate of drug-likeness (QED) is 0.273. The number of piperidine rings is 1. The van der Waals surface area contributed by atoms with E-state index in [1.165, 1.54) is 11.1 Å². The highest BCUT2D eigenvalue weighted by atomic mass is 16.6. The Kier molecular flexibility index (Phi) is 8.13. The molecule has 5 rings (SSSR count). The van der Waals surface area contributed by atoms with Gasteiger partial charge in [-0.25, -0.2) is 9.78 Å². The number of carbonyl (C=O) groups is 1. The molecule has 194 valence electrons. The van der Waals surface area contributed by atoms with Crippen molar-refractivity contribution in [3.63, 3.8) is 0 Å². The van der Waals surface area contributed by atoms with Gasteiger partial charge in [0.1, 0.15) is 23.4 Å². The average molecular weight is 510 g/mol. The van der Waals surface area contributed by atoms with Crippen molar-refractivity contribution in [1.29, 1.82) is 0 Å². The van der Waals surface area contributed by atoms with Crippen LogP contribution < -0.4 is 14.2 Å². The van der Waals surface area contributed by atoms with Crippen LogP contribution in [0, 0.1) is 6.92 Å². The highest BCUT2D eigenvalue weighted by molar-refractivity contribution is 5.70. The maximum absolute atomic E-state index is 12.7. The summed E-state index contributed by atoms with van der Waals surface area (Å²) in [5.74, 6) is 2.58. The van der Waals surface area contributed by atoms with E-state index < -0.39 is 0 Å². The van der Waals surface area contributed by atoms with E-state index in [1.807, 2.05) is 79.0 Å². The molecule has 0 bridgehead atoms. The number of nitrogens with zero attached hydrogens (tertiary/aromatic N) is 3. The van der Waals surface area contributed by atoms with Crippen molar-refractivity contribution < 1.29 is 19.0 Å². The van der Waals surface area contributed by atoms with Crippen molar-refractivity contribution in [2.75, 3.05) is 13.1 Å². The average Bonchev–Trinajstić information content (AvgIpc) is 2.95. The number of pyridine rings is 2. The molecule has 0 N–H and O–H groups in total. The molecule has 0 radical (unpaired) electrons. The van der Waals surface area contributed by atoms with Gasteiger partial charge in [0, 0.05) is 50.1 Å². The van der Waals surface area contributed by atoms with Gasteiger partial charge in [-0.1, -0.05) is 24.3 Å². The van der Waals surface area contributed by atoms with Crippen molar-refractivity contribution in [3.05, 3.63) is 108 Å². The maximum atomic E-state index is 12.7. The fraction of sp³-hybridized carbons (Fsp3) is 0.258. The van der Waals surface area contributed by atoms with E-state index in [9.17, 15) is 4.79 Å². The van der Waals surface area contributed by atoms with Crippen LogP contribution in [0.3, 0.4) is 0 Å². The molecule has 4 aromatic rings. The van der Waals surface area contributed by atoms with Gasteiger partial charge in [-0.3, -0.25) is 4.98 Å². The molecule has 38 heavy (non-hydrogen) atoms. The number of likely N-dealkylation sites (tertiary alicyclic amines) is 1. The van der Waals surface area contributed by atoms with Gasteiger partial charge in [0.25, 0.3) is 0 Å². The molecule has 0 aliphatic carbocycles. The monoisotopic (exact) mass is 509 g/mol. The lowest BCUT2D eigenvalue weighted by atomic mass is 10.1. The summed E-state index contributed by atoms with van der Waals surface area (Å²) in [5, 5.41) is 0. The van der Waals surface area contributed by atoms with Crippen molar-refractivity contribution in [3.8, 4) is 23.1 Å². The van der Waals surface area contributed by atoms with E-state index >= 15 is 0 Å². The van der Waals surface area contributed by atoms with Crippen LogP contribution in [0.4, 0.5) is 4.79 Å². The first-order chi connectivity index (χ1) is 18.6. The summed E-state index contributed by atoms with van der Waals surface area (Å²) in [6.45, 7) is 3.26. The van der Waals surface area contributed by atoms with Crippen LogP contribution in [0.2, 0.25) is 0 Å². The van der Waals surface area contributed by atoms with E-state index in [2.05, 4.69) is 23.0 Å². The van der Waals surface area contributed by atoms with Gasteiger partial charge in [-0.05, 0) is 79.4 Å². The van der Waals surface area contributed by atoms with Gasteiger partial charge in [0.2, 0.25) is 5.88 Å². The number of aryl methyl sites for hydroxylation is 3. The first-order valence-electron chi connectivity index (χ1n) is 12.9. The number of aromatic nitrogens is 2. The van der Waals surface area contributed by atoms with Gasteiger partial charge >= 0.3 is 6.09 Å². The molecule has 1 fully saturated rings. The van der Waals surface area contributed by atoms with Crippen LogP contribution in [-0.4, -0.2) is 40.2 Å². The van der Waals surface area contributed by atoms with Gasteiger partial charge in [-0.15, -0.1) is 0 Å². The summed E-state index contributed by atoms with van der Waals surface area (Å²) < 4.78 is 17.5.